The van der Waals surface area contributed by atoms with Crippen LogP contribution in [0.25, 0.3) is 0 Å². The number of nitrogens with one attached hydrogen (secondary N) is 1. The number of benzene rings is 1. The minimum Gasteiger partial charge on any atom is -0.410 e. The highest BCUT2D eigenvalue weighted by atomic mass is 16.6. The highest BCUT2D eigenvalue weighted by Crippen LogP contribution is 2.22. The van der Waals surface area contributed by atoms with Crippen LogP contribution >= 0.6 is 0 Å². The number of amides is 2. The van der Waals surface area contributed by atoms with Crippen molar-refractivity contribution in [3.8, 4) is 5.75 Å². The molecule has 0 bridgehead atoms. The molecule has 1 aromatic rings. The Balaban J connectivity index is 1.59. The predicted molar refractivity (Wildman–Crippen MR) is 82.6 cm³/mol. The monoisotopic (exact) mass is 302 g/mol. The Hall–Kier alpha value is -2.04. The fraction of sp³-hybridized carbons (Fsp3) is 0.529. The molecule has 1 N–H and O–H groups in total. The fourth-order valence-electron chi connectivity index (χ4n) is 3.27. The van der Waals surface area contributed by atoms with Crippen molar-refractivity contribution in [3.05, 3.63) is 30.3 Å². The SMILES string of the molecule is O=C(NC1CCCC1)C1CCCN1C(=O)Oc1ccccc1. The van der Waals surface area contributed by atoms with E-state index in [0.717, 1.165) is 19.3 Å². The summed E-state index contributed by atoms with van der Waals surface area (Å²) in [4.78, 5) is 26.3. The third-order valence-corrected chi connectivity index (χ3v) is 4.44. The number of hydrogen-bond donors (Lipinski definition) is 1. The van der Waals surface area contributed by atoms with Crippen molar-refractivity contribution in [3.63, 3.8) is 0 Å². The molecule has 2 aliphatic rings. The maximum atomic E-state index is 12.4. The highest BCUT2D eigenvalue weighted by molar-refractivity contribution is 5.86. The van der Waals surface area contributed by atoms with Gasteiger partial charge in [-0.2, -0.15) is 0 Å². The molecule has 22 heavy (non-hydrogen) atoms. The van der Waals surface area contributed by atoms with E-state index in [4.69, 9.17) is 4.74 Å². The quantitative estimate of drug-likeness (QED) is 0.934. The van der Waals surface area contributed by atoms with E-state index in [0.29, 0.717) is 18.7 Å². The van der Waals surface area contributed by atoms with Gasteiger partial charge < -0.3 is 10.1 Å². The van der Waals surface area contributed by atoms with E-state index in [1.54, 1.807) is 17.0 Å². The Labute approximate surface area is 130 Å². The van der Waals surface area contributed by atoms with Crippen LogP contribution in [0.5, 0.6) is 5.75 Å². The Morgan fingerprint density at radius 1 is 1.05 bits per heavy atom. The molecule has 5 nitrogen and oxygen atoms in total. The number of hydrogen-bond acceptors (Lipinski definition) is 3. The Bertz CT molecular complexity index is 526. The van der Waals surface area contributed by atoms with Gasteiger partial charge in [0.2, 0.25) is 5.91 Å². The van der Waals surface area contributed by atoms with Crippen LogP contribution in [0.3, 0.4) is 0 Å². The van der Waals surface area contributed by atoms with Gasteiger partial charge in [0.15, 0.2) is 0 Å². The van der Waals surface area contributed by atoms with Crippen molar-refractivity contribution in [1.82, 2.24) is 10.2 Å². The van der Waals surface area contributed by atoms with Crippen molar-refractivity contribution >= 4 is 12.0 Å². The van der Waals surface area contributed by atoms with Gasteiger partial charge in [-0.25, -0.2) is 4.79 Å². The molecule has 1 aliphatic carbocycles. The summed E-state index contributed by atoms with van der Waals surface area (Å²) >= 11 is 0. The topological polar surface area (TPSA) is 58.6 Å². The molecule has 0 spiro atoms. The second kappa shape index (κ2) is 6.81. The molecule has 1 aliphatic heterocycles. The van der Waals surface area contributed by atoms with Gasteiger partial charge in [-0.15, -0.1) is 0 Å². The standard InChI is InChI=1S/C17H22N2O3/c20-16(18-13-7-4-5-8-13)15-11-6-12-19(15)17(21)22-14-9-2-1-3-10-14/h1-3,9-10,13,15H,4-8,11-12H2,(H,18,20). The fourth-order valence-corrected chi connectivity index (χ4v) is 3.27. The smallest absolute Gasteiger partial charge is 0.410 e. The second-order valence-electron chi connectivity index (χ2n) is 6.02. The van der Waals surface area contributed by atoms with Gasteiger partial charge in [0.05, 0.1) is 0 Å². The van der Waals surface area contributed by atoms with Gasteiger partial charge >= 0.3 is 6.09 Å². The van der Waals surface area contributed by atoms with Gasteiger partial charge in [-0.05, 0) is 37.8 Å². The van der Waals surface area contributed by atoms with Crippen molar-refractivity contribution < 1.29 is 14.3 Å². The van der Waals surface area contributed by atoms with Gasteiger partial charge in [0.1, 0.15) is 11.8 Å². The molecule has 1 aromatic carbocycles. The molecule has 1 saturated carbocycles. The molecule has 0 aromatic heterocycles. The number of ether oxygens (including phenoxy) is 1. The minimum absolute atomic E-state index is 0.0330. The summed E-state index contributed by atoms with van der Waals surface area (Å²) < 4.78 is 5.36. The van der Waals surface area contributed by atoms with Crippen molar-refractivity contribution in [2.24, 2.45) is 0 Å². The van der Waals surface area contributed by atoms with Crippen molar-refractivity contribution in [2.45, 2.75) is 50.6 Å². The maximum absolute atomic E-state index is 12.4. The van der Waals surface area contributed by atoms with E-state index in [9.17, 15) is 9.59 Å². The first-order valence-corrected chi connectivity index (χ1v) is 8.08. The van der Waals surface area contributed by atoms with E-state index in [1.807, 2.05) is 18.2 Å². The zero-order chi connectivity index (χ0) is 15.4. The van der Waals surface area contributed by atoms with Gasteiger partial charge in [-0.3, -0.25) is 9.69 Å². The molecule has 5 heteroatoms. The molecule has 0 radical (unpaired) electrons. The predicted octanol–water partition coefficient (Wildman–Crippen LogP) is 2.71. The van der Waals surface area contributed by atoms with Gasteiger partial charge in [0.25, 0.3) is 0 Å². The zero-order valence-electron chi connectivity index (χ0n) is 12.7. The van der Waals surface area contributed by atoms with Crippen LogP contribution in [-0.2, 0) is 4.79 Å². The lowest BCUT2D eigenvalue weighted by Gasteiger charge is -2.24. The van der Waals surface area contributed by atoms with E-state index in [1.165, 1.54) is 12.8 Å². The first-order chi connectivity index (χ1) is 10.7. The van der Waals surface area contributed by atoms with E-state index in [-0.39, 0.29) is 11.9 Å². The number of rotatable bonds is 3. The Morgan fingerprint density at radius 3 is 2.50 bits per heavy atom. The number of carbonyl (C=O) groups is 2. The molecule has 1 atom stereocenters. The summed E-state index contributed by atoms with van der Waals surface area (Å²) in [7, 11) is 0. The van der Waals surface area contributed by atoms with Crippen LogP contribution < -0.4 is 10.1 Å². The Kier molecular flexibility index (Phi) is 4.61. The summed E-state index contributed by atoms with van der Waals surface area (Å²) in [6.45, 7) is 0.578. The normalized spacial score (nSPS) is 21.8. The minimum atomic E-state index is -0.435. The van der Waals surface area contributed by atoms with Gasteiger partial charge in [0, 0.05) is 12.6 Å². The summed E-state index contributed by atoms with van der Waals surface area (Å²) in [5.74, 6) is 0.476. The summed E-state index contributed by atoms with van der Waals surface area (Å²) in [5.41, 5.74) is 0. The van der Waals surface area contributed by atoms with Crippen LogP contribution in [-0.4, -0.2) is 35.5 Å². The number of carbonyl (C=O) groups excluding carboxylic acids is 2. The summed E-state index contributed by atoms with van der Waals surface area (Å²) in [6.07, 6.45) is 5.56. The highest BCUT2D eigenvalue weighted by Gasteiger charge is 2.36. The molecule has 1 heterocycles. The number of nitrogens with zero attached hydrogens (tertiary/aromatic N) is 1. The molecular weight excluding hydrogens is 280 g/mol. The van der Waals surface area contributed by atoms with Crippen LogP contribution in [0.2, 0.25) is 0 Å². The first-order valence-electron chi connectivity index (χ1n) is 8.08. The van der Waals surface area contributed by atoms with E-state index in [2.05, 4.69) is 5.32 Å². The average molecular weight is 302 g/mol. The van der Waals surface area contributed by atoms with E-state index < -0.39 is 12.1 Å². The third kappa shape index (κ3) is 3.40. The zero-order valence-corrected chi connectivity index (χ0v) is 12.7. The van der Waals surface area contributed by atoms with E-state index >= 15 is 0 Å². The largest absolute Gasteiger partial charge is 0.415 e. The molecular formula is C17H22N2O3. The lowest BCUT2D eigenvalue weighted by atomic mass is 10.2. The lowest BCUT2D eigenvalue weighted by Crippen LogP contribution is -2.49. The summed E-state index contributed by atoms with van der Waals surface area (Å²) in [5, 5.41) is 3.08. The lowest BCUT2D eigenvalue weighted by molar-refractivity contribution is -0.125. The Morgan fingerprint density at radius 2 is 1.77 bits per heavy atom. The maximum Gasteiger partial charge on any atom is 0.415 e. The molecule has 118 valence electrons. The molecule has 3 rings (SSSR count). The van der Waals surface area contributed by atoms with Gasteiger partial charge in [-0.1, -0.05) is 31.0 Å². The average Bonchev–Trinajstić information content (AvgIpc) is 3.19. The molecule has 2 fully saturated rings. The third-order valence-electron chi connectivity index (χ3n) is 4.44. The molecule has 2 amide bonds. The van der Waals surface area contributed by atoms with Crippen LogP contribution in [0.1, 0.15) is 38.5 Å². The number of likely N-dealkylation sites (tertiary alicyclic amines) is 1. The second-order valence-corrected chi connectivity index (χ2v) is 6.02. The van der Waals surface area contributed by atoms with Crippen LogP contribution in [0.15, 0.2) is 30.3 Å². The first kappa shape index (κ1) is 14.9. The van der Waals surface area contributed by atoms with Crippen molar-refractivity contribution in [2.75, 3.05) is 6.54 Å². The number of para-hydroxylation sites is 1. The summed E-state index contributed by atoms with van der Waals surface area (Å²) in [6, 6.07) is 8.86. The van der Waals surface area contributed by atoms with Crippen LogP contribution in [0.4, 0.5) is 4.79 Å². The molecule has 1 unspecified atom stereocenters. The molecule has 1 saturated heterocycles. The van der Waals surface area contributed by atoms with Crippen molar-refractivity contribution in [1.29, 1.82) is 0 Å². The van der Waals surface area contributed by atoms with Crippen LogP contribution in [0, 0.1) is 0 Å².